The van der Waals surface area contributed by atoms with Crippen molar-refractivity contribution in [2.75, 3.05) is 0 Å². The molecule has 0 amide bonds. The first-order chi connectivity index (χ1) is 6.43. The highest BCUT2D eigenvalue weighted by Crippen LogP contribution is 2.32. The summed E-state index contributed by atoms with van der Waals surface area (Å²) in [6.07, 6.45) is 0. The van der Waals surface area contributed by atoms with Crippen LogP contribution in [0.5, 0.6) is 5.75 Å². The van der Waals surface area contributed by atoms with Crippen LogP contribution in [0.1, 0.15) is 10.4 Å². The number of carbonyl (C=O) groups is 1. The summed E-state index contributed by atoms with van der Waals surface area (Å²) in [5, 5.41) is 28.0. The molecular formula is C7H4ClNO5. The summed E-state index contributed by atoms with van der Waals surface area (Å²) in [7, 11) is 0. The molecule has 0 aliphatic carbocycles. The van der Waals surface area contributed by atoms with Crippen LogP contribution in [0.15, 0.2) is 12.1 Å². The maximum Gasteiger partial charge on any atom is 0.339 e. The minimum Gasteiger partial charge on any atom is -0.501 e. The smallest absolute Gasteiger partial charge is 0.339 e. The van der Waals surface area contributed by atoms with Crippen molar-refractivity contribution in [3.8, 4) is 5.75 Å². The maximum absolute atomic E-state index is 10.5. The van der Waals surface area contributed by atoms with Crippen LogP contribution < -0.4 is 0 Å². The number of carboxylic acid groups (broad SMARTS) is 1. The highest BCUT2D eigenvalue weighted by molar-refractivity contribution is 6.31. The number of halogens is 1. The van der Waals surface area contributed by atoms with E-state index in [4.69, 9.17) is 16.7 Å². The van der Waals surface area contributed by atoms with E-state index < -0.39 is 27.9 Å². The monoisotopic (exact) mass is 217 g/mol. The lowest BCUT2D eigenvalue weighted by molar-refractivity contribution is -0.385. The number of aromatic carboxylic acids is 1. The zero-order valence-corrected chi connectivity index (χ0v) is 7.35. The standard InChI is InChI=1S/C7H4ClNO5/c8-3-1-4(7(11)12)6(10)5(2-3)9(13)14/h1-2,10H,(H,11,12). The van der Waals surface area contributed by atoms with Gasteiger partial charge in [-0.3, -0.25) is 10.1 Å². The molecule has 0 unspecified atom stereocenters. The maximum atomic E-state index is 10.5. The third kappa shape index (κ3) is 1.74. The Bertz CT molecular complexity index is 382. The minimum atomic E-state index is -1.48. The van der Waals surface area contributed by atoms with Gasteiger partial charge in [-0.25, -0.2) is 4.79 Å². The molecule has 14 heavy (non-hydrogen) atoms. The van der Waals surface area contributed by atoms with Crippen molar-refractivity contribution in [1.29, 1.82) is 0 Å². The zero-order valence-electron chi connectivity index (χ0n) is 6.60. The van der Waals surface area contributed by atoms with Gasteiger partial charge in [0.15, 0.2) is 0 Å². The van der Waals surface area contributed by atoms with Crippen molar-refractivity contribution < 1.29 is 19.9 Å². The fourth-order valence-corrected chi connectivity index (χ4v) is 1.10. The van der Waals surface area contributed by atoms with E-state index in [0.29, 0.717) is 0 Å². The topological polar surface area (TPSA) is 101 Å². The SMILES string of the molecule is O=C(O)c1cc(Cl)cc([N+](=O)[O-])c1O. The molecule has 0 atom stereocenters. The van der Waals surface area contributed by atoms with Crippen LogP contribution in [0.2, 0.25) is 5.02 Å². The normalized spacial score (nSPS) is 9.79. The van der Waals surface area contributed by atoms with Crippen LogP contribution in [0.25, 0.3) is 0 Å². The first-order valence-corrected chi connectivity index (χ1v) is 3.71. The van der Waals surface area contributed by atoms with Gasteiger partial charge in [-0.2, -0.15) is 0 Å². The van der Waals surface area contributed by atoms with Gasteiger partial charge in [-0.05, 0) is 6.07 Å². The molecule has 74 valence electrons. The van der Waals surface area contributed by atoms with Crippen molar-refractivity contribution in [3.05, 3.63) is 32.8 Å². The van der Waals surface area contributed by atoms with E-state index in [-0.39, 0.29) is 5.02 Å². The van der Waals surface area contributed by atoms with Gasteiger partial charge >= 0.3 is 11.7 Å². The average molecular weight is 218 g/mol. The summed E-state index contributed by atoms with van der Waals surface area (Å²) in [4.78, 5) is 19.9. The van der Waals surface area contributed by atoms with Crippen molar-refractivity contribution in [3.63, 3.8) is 0 Å². The van der Waals surface area contributed by atoms with Gasteiger partial charge in [0, 0.05) is 11.1 Å². The molecule has 0 heterocycles. The Labute approximate surface area is 82.5 Å². The van der Waals surface area contributed by atoms with Crippen LogP contribution in [0.3, 0.4) is 0 Å². The van der Waals surface area contributed by atoms with E-state index >= 15 is 0 Å². The van der Waals surface area contributed by atoms with Crippen LogP contribution in [0, 0.1) is 10.1 Å². The quantitative estimate of drug-likeness (QED) is 0.579. The predicted octanol–water partition coefficient (Wildman–Crippen LogP) is 1.65. The molecule has 1 aromatic rings. The molecule has 0 spiro atoms. The third-order valence-electron chi connectivity index (χ3n) is 1.48. The Hall–Kier alpha value is -1.82. The Morgan fingerprint density at radius 2 is 2.07 bits per heavy atom. The second-order valence-electron chi connectivity index (χ2n) is 2.38. The Morgan fingerprint density at radius 1 is 1.50 bits per heavy atom. The predicted molar refractivity (Wildman–Crippen MR) is 46.7 cm³/mol. The van der Waals surface area contributed by atoms with Crippen LogP contribution in [-0.2, 0) is 0 Å². The average Bonchev–Trinajstić information content (AvgIpc) is 2.07. The highest BCUT2D eigenvalue weighted by Gasteiger charge is 2.22. The summed E-state index contributed by atoms with van der Waals surface area (Å²) >= 11 is 5.43. The van der Waals surface area contributed by atoms with E-state index in [1.807, 2.05) is 0 Å². The summed E-state index contributed by atoms with van der Waals surface area (Å²) in [6, 6.07) is 1.82. The van der Waals surface area contributed by atoms with Crippen molar-refractivity contribution in [2.24, 2.45) is 0 Å². The molecule has 0 fully saturated rings. The lowest BCUT2D eigenvalue weighted by atomic mass is 10.2. The number of aromatic hydroxyl groups is 1. The molecule has 0 saturated carbocycles. The number of nitrogens with zero attached hydrogens (tertiary/aromatic N) is 1. The van der Waals surface area contributed by atoms with Gasteiger partial charge in [-0.15, -0.1) is 0 Å². The lowest BCUT2D eigenvalue weighted by Gasteiger charge is -2.00. The molecule has 7 heteroatoms. The van der Waals surface area contributed by atoms with Crippen LogP contribution >= 0.6 is 11.6 Å². The zero-order chi connectivity index (χ0) is 10.9. The van der Waals surface area contributed by atoms with Crippen LogP contribution in [-0.4, -0.2) is 21.1 Å². The number of benzene rings is 1. The molecule has 0 bridgehead atoms. The van der Waals surface area contributed by atoms with Crippen molar-refractivity contribution in [2.45, 2.75) is 0 Å². The third-order valence-corrected chi connectivity index (χ3v) is 1.70. The molecule has 0 aromatic heterocycles. The van der Waals surface area contributed by atoms with Gasteiger partial charge in [0.05, 0.1) is 4.92 Å². The summed E-state index contributed by atoms with van der Waals surface area (Å²) in [5.74, 6) is -2.37. The molecule has 0 saturated heterocycles. The second-order valence-corrected chi connectivity index (χ2v) is 2.82. The molecule has 0 aliphatic rings. The Morgan fingerprint density at radius 3 is 2.50 bits per heavy atom. The fourth-order valence-electron chi connectivity index (χ4n) is 0.887. The van der Waals surface area contributed by atoms with Crippen molar-refractivity contribution >= 4 is 23.3 Å². The highest BCUT2D eigenvalue weighted by atomic mass is 35.5. The number of nitro groups is 1. The molecule has 1 aromatic carbocycles. The van der Waals surface area contributed by atoms with E-state index in [9.17, 15) is 20.0 Å². The largest absolute Gasteiger partial charge is 0.501 e. The van der Waals surface area contributed by atoms with E-state index in [1.54, 1.807) is 0 Å². The molecule has 1 rings (SSSR count). The van der Waals surface area contributed by atoms with E-state index in [0.717, 1.165) is 12.1 Å². The summed E-state index contributed by atoms with van der Waals surface area (Å²) in [5.41, 5.74) is -1.32. The van der Waals surface area contributed by atoms with Gasteiger partial charge in [0.1, 0.15) is 5.56 Å². The number of hydrogen-bond acceptors (Lipinski definition) is 4. The molecule has 6 nitrogen and oxygen atoms in total. The second kappa shape index (κ2) is 3.51. The Kier molecular flexibility index (Phi) is 2.57. The molecule has 0 radical (unpaired) electrons. The van der Waals surface area contributed by atoms with E-state index in [2.05, 4.69) is 0 Å². The van der Waals surface area contributed by atoms with Gasteiger partial charge in [0.2, 0.25) is 5.75 Å². The van der Waals surface area contributed by atoms with Crippen LogP contribution in [0.4, 0.5) is 5.69 Å². The molecular weight excluding hydrogens is 214 g/mol. The number of nitro benzene ring substituents is 1. The van der Waals surface area contributed by atoms with Gasteiger partial charge < -0.3 is 10.2 Å². The van der Waals surface area contributed by atoms with Gasteiger partial charge in [0.25, 0.3) is 0 Å². The first-order valence-electron chi connectivity index (χ1n) is 3.33. The number of hydrogen-bond donors (Lipinski definition) is 2. The number of phenols is 1. The summed E-state index contributed by atoms with van der Waals surface area (Å²) in [6.45, 7) is 0. The van der Waals surface area contributed by atoms with Crippen molar-refractivity contribution in [1.82, 2.24) is 0 Å². The number of rotatable bonds is 2. The first kappa shape index (κ1) is 10.3. The lowest BCUT2D eigenvalue weighted by Crippen LogP contribution is -1.99. The molecule has 2 N–H and O–H groups in total. The Balaban J connectivity index is 3.47. The molecule has 0 aliphatic heterocycles. The summed E-state index contributed by atoms with van der Waals surface area (Å²) < 4.78 is 0. The minimum absolute atomic E-state index is 0.119. The van der Waals surface area contributed by atoms with Gasteiger partial charge in [-0.1, -0.05) is 11.6 Å². The number of carboxylic acids is 1. The fraction of sp³-hybridized carbons (Fsp3) is 0. The van der Waals surface area contributed by atoms with E-state index in [1.165, 1.54) is 0 Å².